The van der Waals surface area contributed by atoms with Gasteiger partial charge >= 0.3 is 0 Å². The fourth-order valence-electron chi connectivity index (χ4n) is 1.64. The summed E-state index contributed by atoms with van der Waals surface area (Å²) >= 11 is 1.42. The van der Waals surface area contributed by atoms with Gasteiger partial charge in [0.1, 0.15) is 0 Å². The lowest BCUT2D eigenvalue weighted by atomic mass is 10.2. The number of thioether (sulfide) groups is 1. The third-order valence-corrected chi connectivity index (χ3v) is 5.65. The number of rotatable bonds is 6. The fourth-order valence-corrected chi connectivity index (χ4v) is 3.72. The van der Waals surface area contributed by atoms with E-state index in [1.165, 1.54) is 23.9 Å². The van der Waals surface area contributed by atoms with Gasteiger partial charge in [0.25, 0.3) is 0 Å². The van der Waals surface area contributed by atoms with Crippen molar-refractivity contribution in [3.05, 3.63) is 23.8 Å². The van der Waals surface area contributed by atoms with E-state index in [2.05, 4.69) is 4.72 Å². The van der Waals surface area contributed by atoms with Gasteiger partial charge in [-0.05, 0) is 43.9 Å². The molecule has 0 heterocycles. The number of nitrogens with one attached hydrogen (secondary N) is 1. The van der Waals surface area contributed by atoms with Crippen LogP contribution in [0, 0.1) is 6.92 Å². The minimum atomic E-state index is -3.59. The third kappa shape index (κ3) is 4.10. The molecule has 1 aromatic rings. The van der Waals surface area contributed by atoms with Crippen LogP contribution in [-0.4, -0.2) is 37.7 Å². The maximum atomic E-state index is 12.2. The smallest absolute Gasteiger partial charge is 0.240 e. The van der Waals surface area contributed by atoms with E-state index in [-0.39, 0.29) is 22.8 Å². The van der Waals surface area contributed by atoms with E-state index >= 15 is 0 Å². The molecule has 0 spiro atoms. The molecule has 108 valence electrons. The first-order chi connectivity index (χ1) is 8.81. The maximum Gasteiger partial charge on any atom is 0.240 e. The highest BCUT2D eigenvalue weighted by Crippen LogP contribution is 2.18. The number of aryl methyl sites for hydroxylation is 1. The first-order valence-corrected chi connectivity index (χ1v) is 8.61. The number of sulfonamides is 1. The summed E-state index contributed by atoms with van der Waals surface area (Å²) in [6.07, 6.45) is 1.83. The van der Waals surface area contributed by atoms with Crippen molar-refractivity contribution in [2.75, 3.05) is 18.6 Å². The second kappa shape index (κ2) is 6.60. The van der Waals surface area contributed by atoms with Crippen LogP contribution in [0.5, 0.6) is 0 Å². The van der Waals surface area contributed by atoms with Gasteiger partial charge in [-0.1, -0.05) is 0 Å². The van der Waals surface area contributed by atoms with E-state index in [4.69, 9.17) is 5.73 Å². The average molecular weight is 304 g/mol. The number of nitrogens with two attached hydrogens (primary N) is 1. The fraction of sp³-hybridized carbons (Fsp3) is 0.500. The van der Waals surface area contributed by atoms with E-state index in [9.17, 15) is 13.5 Å². The topological polar surface area (TPSA) is 92.4 Å². The molecule has 0 bridgehead atoms. The minimum absolute atomic E-state index is 0.0778. The summed E-state index contributed by atoms with van der Waals surface area (Å²) in [6.45, 7) is 3.42. The van der Waals surface area contributed by atoms with Crippen LogP contribution in [-0.2, 0) is 10.0 Å². The van der Waals surface area contributed by atoms with Crippen molar-refractivity contribution >= 4 is 27.5 Å². The summed E-state index contributed by atoms with van der Waals surface area (Å²) in [5, 5.41) is 9.00. The Morgan fingerprint density at radius 3 is 2.58 bits per heavy atom. The van der Waals surface area contributed by atoms with Gasteiger partial charge in [0, 0.05) is 17.0 Å². The second-order valence-corrected chi connectivity index (χ2v) is 7.18. The van der Waals surface area contributed by atoms with E-state index in [1.54, 1.807) is 19.9 Å². The van der Waals surface area contributed by atoms with E-state index < -0.39 is 10.0 Å². The molecule has 0 radical (unpaired) electrons. The molecule has 2 unspecified atom stereocenters. The molecule has 5 nitrogen and oxygen atoms in total. The van der Waals surface area contributed by atoms with Gasteiger partial charge in [-0.25, -0.2) is 13.1 Å². The summed E-state index contributed by atoms with van der Waals surface area (Å²) in [7, 11) is -3.59. The number of aliphatic hydroxyl groups is 1. The Kier molecular flexibility index (Phi) is 5.66. The molecule has 0 saturated carbocycles. The highest BCUT2D eigenvalue weighted by molar-refractivity contribution is 7.99. The van der Waals surface area contributed by atoms with Crippen molar-refractivity contribution in [1.82, 2.24) is 4.72 Å². The SMILES string of the molecule is CSC(CO)C(C)NS(=O)(=O)c1ccc(N)c(C)c1. The number of nitrogen functional groups attached to an aromatic ring is 1. The molecule has 0 aromatic heterocycles. The molecule has 0 amide bonds. The lowest BCUT2D eigenvalue weighted by Gasteiger charge is -2.21. The second-order valence-electron chi connectivity index (χ2n) is 4.39. The maximum absolute atomic E-state index is 12.2. The highest BCUT2D eigenvalue weighted by Gasteiger charge is 2.23. The zero-order chi connectivity index (χ0) is 14.6. The molecule has 0 fully saturated rings. The monoisotopic (exact) mass is 304 g/mol. The van der Waals surface area contributed by atoms with Crippen LogP contribution in [0.15, 0.2) is 23.1 Å². The molecule has 1 rings (SSSR count). The molecule has 0 aliphatic rings. The van der Waals surface area contributed by atoms with Crippen molar-refractivity contribution in [2.45, 2.75) is 30.0 Å². The van der Waals surface area contributed by atoms with Crippen molar-refractivity contribution in [3.63, 3.8) is 0 Å². The Morgan fingerprint density at radius 2 is 2.11 bits per heavy atom. The summed E-state index contributed by atoms with van der Waals surface area (Å²) in [4.78, 5) is 0.184. The molecule has 2 atom stereocenters. The normalized spacial score (nSPS) is 15.2. The van der Waals surface area contributed by atoms with Crippen LogP contribution in [0.4, 0.5) is 5.69 Å². The Labute approximate surface area is 118 Å². The molecule has 19 heavy (non-hydrogen) atoms. The van der Waals surface area contributed by atoms with E-state index in [0.717, 1.165) is 5.56 Å². The lowest BCUT2D eigenvalue weighted by Crippen LogP contribution is -2.41. The van der Waals surface area contributed by atoms with E-state index in [0.29, 0.717) is 5.69 Å². The van der Waals surface area contributed by atoms with Crippen LogP contribution >= 0.6 is 11.8 Å². The summed E-state index contributed by atoms with van der Waals surface area (Å²) in [6, 6.07) is 4.23. The molecule has 1 aromatic carbocycles. The van der Waals surface area contributed by atoms with Gasteiger partial charge in [0.2, 0.25) is 10.0 Å². The number of hydrogen-bond donors (Lipinski definition) is 3. The average Bonchev–Trinajstić information content (AvgIpc) is 2.33. The predicted octanol–water partition coefficient (Wildman–Crippen LogP) is 0.968. The summed E-state index contributed by atoms with van der Waals surface area (Å²) in [5.41, 5.74) is 6.95. The number of benzene rings is 1. The van der Waals surface area contributed by atoms with Crippen LogP contribution in [0.25, 0.3) is 0 Å². The van der Waals surface area contributed by atoms with Crippen molar-refractivity contribution in [2.24, 2.45) is 0 Å². The van der Waals surface area contributed by atoms with Gasteiger partial charge in [0.15, 0.2) is 0 Å². The molecule has 0 aliphatic carbocycles. The van der Waals surface area contributed by atoms with Crippen molar-refractivity contribution in [1.29, 1.82) is 0 Å². The first kappa shape index (κ1) is 16.3. The zero-order valence-electron chi connectivity index (χ0n) is 11.3. The number of anilines is 1. The zero-order valence-corrected chi connectivity index (χ0v) is 12.9. The van der Waals surface area contributed by atoms with Gasteiger partial charge in [-0.2, -0.15) is 11.8 Å². The Balaban J connectivity index is 2.95. The molecule has 0 aliphatic heterocycles. The molecule has 4 N–H and O–H groups in total. The first-order valence-electron chi connectivity index (χ1n) is 5.84. The predicted molar refractivity (Wildman–Crippen MR) is 79.8 cm³/mol. The highest BCUT2D eigenvalue weighted by atomic mass is 32.2. The molecular formula is C12H20N2O3S2. The molecule has 7 heteroatoms. The Morgan fingerprint density at radius 1 is 1.47 bits per heavy atom. The number of hydrogen-bond acceptors (Lipinski definition) is 5. The van der Waals surface area contributed by atoms with Gasteiger partial charge in [-0.15, -0.1) is 0 Å². The quantitative estimate of drug-likeness (QED) is 0.681. The lowest BCUT2D eigenvalue weighted by molar-refractivity contribution is 0.282. The van der Waals surface area contributed by atoms with Crippen LogP contribution in [0.3, 0.4) is 0 Å². The van der Waals surface area contributed by atoms with Gasteiger partial charge < -0.3 is 10.8 Å². The van der Waals surface area contributed by atoms with Gasteiger partial charge in [-0.3, -0.25) is 0 Å². The summed E-state index contributed by atoms with van der Waals surface area (Å²) in [5.74, 6) is 0. The van der Waals surface area contributed by atoms with Crippen LogP contribution < -0.4 is 10.5 Å². The standard InChI is InChI=1S/C12H20N2O3S2/c1-8-6-10(4-5-11(8)13)19(16,17)14-9(2)12(7-15)18-3/h4-6,9,12,14-15H,7,13H2,1-3H3. The molecule has 0 saturated heterocycles. The Hall–Kier alpha value is -0.760. The molecular weight excluding hydrogens is 284 g/mol. The Bertz CT molecular complexity index is 528. The van der Waals surface area contributed by atoms with Crippen LogP contribution in [0.2, 0.25) is 0 Å². The van der Waals surface area contributed by atoms with Crippen molar-refractivity contribution in [3.8, 4) is 0 Å². The van der Waals surface area contributed by atoms with Crippen LogP contribution in [0.1, 0.15) is 12.5 Å². The van der Waals surface area contributed by atoms with Gasteiger partial charge in [0.05, 0.1) is 11.5 Å². The largest absolute Gasteiger partial charge is 0.399 e. The minimum Gasteiger partial charge on any atom is -0.399 e. The number of aliphatic hydroxyl groups excluding tert-OH is 1. The third-order valence-electron chi connectivity index (χ3n) is 2.93. The van der Waals surface area contributed by atoms with E-state index in [1.807, 2.05) is 6.26 Å². The van der Waals surface area contributed by atoms with Crippen molar-refractivity contribution < 1.29 is 13.5 Å². The summed E-state index contributed by atoms with van der Waals surface area (Å²) < 4.78 is 27.0.